The Balaban J connectivity index is 1.49. The Morgan fingerprint density at radius 2 is 1.86 bits per heavy atom. The minimum absolute atomic E-state index is 0.0156. The highest BCUT2D eigenvalue weighted by molar-refractivity contribution is 7.89. The van der Waals surface area contributed by atoms with Gasteiger partial charge in [0.15, 0.2) is 17.3 Å². The number of anilines is 1. The molecule has 0 bridgehead atoms. The number of hydrogen-bond donors (Lipinski definition) is 2. The van der Waals surface area contributed by atoms with Crippen molar-refractivity contribution in [3.05, 3.63) is 16.7 Å². The van der Waals surface area contributed by atoms with Crippen molar-refractivity contribution in [2.45, 2.75) is 32.1 Å². The number of benzene rings is 1. The van der Waals surface area contributed by atoms with Crippen molar-refractivity contribution in [1.82, 2.24) is 4.90 Å². The average molecular weight is 446 g/mol. The van der Waals surface area contributed by atoms with Crippen molar-refractivity contribution in [2.75, 3.05) is 44.3 Å². The van der Waals surface area contributed by atoms with Crippen LogP contribution in [0, 0.1) is 5.92 Å². The third-order valence-electron chi connectivity index (χ3n) is 5.49. The maximum atomic E-state index is 12.8. The molecule has 4 N–H and O–H groups in total. The Morgan fingerprint density at radius 3 is 2.52 bits per heavy atom. The molecule has 0 amide bonds. The fourth-order valence-corrected chi connectivity index (χ4v) is 4.59. The SMILES string of the molecule is Nc1c(Cl)cc(C(=O)CCC2CCN(CCCS(N)(=O)=O)CC2)c2c1OCCO2. The van der Waals surface area contributed by atoms with E-state index in [0.29, 0.717) is 59.7 Å². The molecule has 0 saturated carbocycles. The summed E-state index contributed by atoms with van der Waals surface area (Å²) in [7, 11) is -3.39. The van der Waals surface area contributed by atoms with Gasteiger partial charge in [-0.1, -0.05) is 11.6 Å². The number of fused-ring (bicyclic) bond motifs is 1. The van der Waals surface area contributed by atoms with Crippen LogP contribution in [0.5, 0.6) is 11.5 Å². The number of hydrogen-bond acceptors (Lipinski definition) is 7. The summed E-state index contributed by atoms with van der Waals surface area (Å²) < 4.78 is 33.2. The van der Waals surface area contributed by atoms with Gasteiger partial charge in [0.2, 0.25) is 10.0 Å². The monoisotopic (exact) mass is 445 g/mol. The van der Waals surface area contributed by atoms with Crippen molar-refractivity contribution in [3.63, 3.8) is 0 Å². The van der Waals surface area contributed by atoms with E-state index < -0.39 is 10.0 Å². The van der Waals surface area contributed by atoms with Gasteiger partial charge >= 0.3 is 0 Å². The fourth-order valence-electron chi connectivity index (χ4n) is 3.86. The van der Waals surface area contributed by atoms with Crippen LogP contribution >= 0.6 is 11.6 Å². The van der Waals surface area contributed by atoms with Crippen molar-refractivity contribution < 1.29 is 22.7 Å². The van der Waals surface area contributed by atoms with Crippen molar-refractivity contribution >= 4 is 33.1 Å². The molecule has 1 aromatic carbocycles. The Bertz CT molecular complexity index is 854. The molecule has 162 valence electrons. The number of likely N-dealkylation sites (tertiary alicyclic amines) is 1. The third-order valence-corrected chi connectivity index (χ3v) is 6.66. The smallest absolute Gasteiger partial charge is 0.209 e. The lowest BCUT2D eigenvalue weighted by atomic mass is 9.90. The van der Waals surface area contributed by atoms with Gasteiger partial charge in [0.1, 0.15) is 13.2 Å². The number of halogens is 1. The lowest BCUT2D eigenvalue weighted by Gasteiger charge is -2.31. The van der Waals surface area contributed by atoms with Gasteiger partial charge in [0, 0.05) is 6.42 Å². The summed E-state index contributed by atoms with van der Waals surface area (Å²) in [6, 6.07) is 1.57. The maximum absolute atomic E-state index is 12.8. The Kier molecular flexibility index (Phi) is 7.26. The van der Waals surface area contributed by atoms with Crippen molar-refractivity contribution in [1.29, 1.82) is 0 Å². The Morgan fingerprint density at radius 1 is 1.21 bits per heavy atom. The number of ketones is 1. The maximum Gasteiger partial charge on any atom is 0.209 e. The molecule has 0 aliphatic carbocycles. The van der Waals surface area contributed by atoms with E-state index in [1.807, 2.05) is 0 Å². The Labute approximate surface area is 176 Å². The number of nitrogens with zero attached hydrogens (tertiary/aromatic N) is 1. The number of carbonyl (C=O) groups is 1. The molecule has 2 aliphatic heterocycles. The third kappa shape index (κ3) is 5.97. The molecule has 0 aromatic heterocycles. The standard InChI is InChI=1S/C19H28ClN3O5S/c20-15-12-14(18-19(17(15)21)28-10-9-27-18)16(24)3-2-13-4-7-23(8-5-13)6-1-11-29(22,25)26/h12-13H,1-11,21H2,(H2,22,25,26). The quantitative estimate of drug-likeness (QED) is 0.463. The molecule has 8 nitrogen and oxygen atoms in total. The van der Waals surface area contributed by atoms with E-state index in [9.17, 15) is 13.2 Å². The lowest BCUT2D eigenvalue weighted by molar-refractivity contribution is 0.0952. The molecule has 1 aromatic rings. The van der Waals surface area contributed by atoms with Crippen LogP contribution in [0.2, 0.25) is 5.02 Å². The normalized spacial score (nSPS) is 18.0. The van der Waals surface area contributed by atoms with Crippen LogP contribution in [0.25, 0.3) is 0 Å². The first-order chi connectivity index (χ1) is 13.7. The summed E-state index contributed by atoms with van der Waals surface area (Å²) in [5, 5.41) is 5.34. The molecule has 1 fully saturated rings. The van der Waals surface area contributed by atoms with Crippen LogP contribution in [-0.2, 0) is 10.0 Å². The minimum atomic E-state index is -3.39. The molecule has 0 spiro atoms. The number of nitrogen functional groups attached to an aromatic ring is 1. The number of primary sulfonamides is 1. The van der Waals surface area contributed by atoms with Crippen molar-refractivity contribution in [2.24, 2.45) is 11.1 Å². The lowest BCUT2D eigenvalue weighted by Crippen LogP contribution is -2.35. The summed E-state index contributed by atoms with van der Waals surface area (Å²) in [6.45, 7) is 3.29. The van der Waals surface area contributed by atoms with Crippen LogP contribution in [0.4, 0.5) is 5.69 Å². The highest BCUT2D eigenvalue weighted by atomic mass is 35.5. The second-order valence-electron chi connectivity index (χ2n) is 7.64. The predicted molar refractivity (Wildman–Crippen MR) is 112 cm³/mol. The minimum Gasteiger partial charge on any atom is -0.485 e. The molecular formula is C19H28ClN3O5S. The summed E-state index contributed by atoms with van der Waals surface area (Å²) in [5.74, 6) is 1.21. The number of rotatable bonds is 8. The van der Waals surface area contributed by atoms with E-state index in [1.165, 1.54) is 0 Å². The highest BCUT2D eigenvalue weighted by Crippen LogP contribution is 2.43. The number of Topliss-reactive ketones (excluding diaryl/α,β-unsaturated/α-hetero) is 1. The molecular weight excluding hydrogens is 418 g/mol. The topological polar surface area (TPSA) is 125 Å². The van der Waals surface area contributed by atoms with Gasteiger partial charge in [0.25, 0.3) is 0 Å². The highest BCUT2D eigenvalue weighted by Gasteiger charge is 2.26. The summed E-state index contributed by atoms with van der Waals surface area (Å²) in [4.78, 5) is 15.1. The molecule has 29 heavy (non-hydrogen) atoms. The Hall–Kier alpha value is -1.55. The van der Waals surface area contributed by atoms with Gasteiger partial charge in [-0.05, 0) is 57.3 Å². The van der Waals surface area contributed by atoms with E-state index in [0.717, 1.165) is 38.9 Å². The fraction of sp³-hybridized carbons (Fsp3) is 0.632. The van der Waals surface area contributed by atoms with Crippen LogP contribution in [-0.4, -0.2) is 57.7 Å². The summed E-state index contributed by atoms with van der Waals surface area (Å²) >= 11 is 6.17. The zero-order valence-electron chi connectivity index (χ0n) is 16.4. The number of carbonyl (C=O) groups excluding carboxylic acids is 1. The van der Waals surface area contributed by atoms with Gasteiger partial charge in [-0.15, -0.1) is 0 Å². The average Bonchev–Trinajstić information content (AvgIpc) is 2.69. The van der Waals surface area contributed by atoms with E-state index in [2.05, 4.69) is 4.90 Å². The first kappa shape index (κ1) is 22.1. The van der Waals surface area contributed by atoms with E-state index in [1.54, 1.807) is 6.07 Å². The van der Waals surface area contributed by atoms with Gasteiger partial charge in [-0.25, -0.2) is 13.6 Å². The van der Waals surface area contributed by atoms with Gasteiger partial charge in [-0.2, -0.15) is 0 Å². The zero-order valence-corrected chi connectivity index (χ0v) is 17.9. The second-order valence-corrected chi connectivity index (χ2v) is 9.78. The number of piperidine rings is 1. The molecule has 3 rings (SSSR count). The largest absolute Gasteiger partial charge is 0.485 e. The molecule has 2 aliphatic rings. The van der Waals surface area contributed by atoms with E-state index in [4.69, 9.17) is 31.9 Å². The van der Waals surface area contributed by atoms with Crippen LogP contribution in [0.15, 0.2) is 6.07 Å². The van der Waals surface area contributed by atoms with Crippen LogP contribution < -0.4 is 20.3 Å². The zero-order chi connectivity index (χ0) is 21.0. The summed E-state index contributed by atoms with van der Waals surface area (Å²) in [5.41, 5.74) is 6.67. The predicted octanol–water partition coefficient (Wildman–Crippen LogP) is 2.05. The number of ether oxygens (including phenoxy) is 2. The first-order valence-electron chi connectivity index (χ1n) is 9.88. The molecule has 0 atom stereocenters. The summed E-state index contributed by atoms with van der Waals surface area (Å²) in [6.07, 6.45) is 3.73. The van der Waals surface area contributed by atoms with Crippen LogP contribution in [0.3, 0.4) is 0 Å². The molecule has 1 saturated heterocycles. The van der Waals surface area contributed by atoms with Gasteiger partial charge in [0.05, 0.1) is 22.0 Å². The van der Waals surface area contributed by atoms with E-state index >= 15 is 0 Å². The van der Waals surface area contributed by atoms with Gasteiger partial charge < -0.3 is 20.1 Å². The molecule has 2 heterocycles. The first-order valence-corrected chi connectivity index (χ1v) is 12.0. The van der Waals surface area contributed by atoms with Crippen LogP contribution in [0.1, 0.15) is 42.5 Å². The number of sulfonamides is 1. The second kappa shape index (κ2) is 9.51. The number of nitrogens with two attached hydrogens (primary N) is 2. The van der Waals surface area contributed by atoms with Gasteiger partial charge in [-0.3, -0.25) is 4.79 Å². The molecule has 0 unspecified atom stereocenters. The van der Waals surface area contributed by atoms with E-state index in [-0.39, 0.29) is 11.5 Å². The van der Waals surface area contributed by atoms with Crippen molar-refractivity contribution in [3.8, 4) is 11.5 Å². The molecule has 0 radical (unpaired) electrons. The molecule has 10 heteroatoms.